The lowest BCUT2D eigenvalue weighted by molar-refractivity contribution is 0.357. The van der Waals surface area contributed by atoms with Crippen LogP contribution >= 0.6 is 0 Å². The molecule has 1 unspecified atom stereocenters. The highest BCUT2D eigenvalue weighted by Crippen LogP contribution is 2.31. The van der Waals surface area contributed by atoms with E-state index in [1.807, 2.05) is 12.4 Å². The summed E-state index contributed by atoms with van der Waals surface area (Å²) in [6, 6.07) is 8.50. The van der Waals surface area contributed by atoms with Crippen LogP contribution in [-0.2, 0) is 6.42 Å². The van der Waals surface area contributed by atoms with Crippen molar-refractivity contribution in [3.05, 3.63) is 53.3 Å². The Morgan fingerprint density at radius 3 is 3.00 bits per heavy atom. The minimum atomic E-state index is 0.271. The standard InChI is InChI=1S/C14H16N2O/c15-8-13(12-3-5-16-9-12)10-1-2-14-11(7-10)4-6-17-14/h1-3,5,7,9,13,16H,4,6,8,15H2. The van der Waals surface area contributed by atoms with Crippen LogP contribution < -0.4 is 10.5 Å². The number of aromatic nitrogens is 1. The first-order valence-electron chi connectivity index (χ1n) is 5.97. The van der Waals surface area contributed by atoms with Crippen LogP contribution in [0, 0.1) is 0 Å². The maximum absolute atomic E-state index is 5.90. The summed E-state index contributed by atoms with van der Waals surface area (Å²) in [5.41, 5.74) is 9.71. The van der Waals surface area contributed by atoms with Crippen LogP contribution in [0.15, 0.2) is 36.7 Å². The van der Waals surface area contributed by atoms with Crippen LogP contribution in [0.25, 0.3) is 0 Å². The van der Waals surface area contributed by atoms with Gasteiger partial charge in [0.2, 0.25) is 0 Å². The molecule has 0 amide bonds. The van der Waals surface area contributed by atoms with E-state index in [0.717, 1.165) is 18.8 Å². The summed E-state index contributed by atoms with van der Waals surface area (Å²) in [7, 11) is 0. The predicted octanol–water partition coefficient (Wildman–Crippen LogP) is 2.04. The van der Waals surface area contributed by atoms with E-state index in [9.17, 15) is 0 Å². The summed E-state index contributed by atoms with van der Waals surface area (Å²) in [5, 5.41) is 0. The Morgan fingerprint density at radius 2 is 2.24 bits per heavy atom. The molecular weight excluding hydrogens is 212 g/mol. The third-order valence-corrected chi connectivity index (χ3v) is 3.38. The summed E-state index contributed by atoms with van der Waals surface area (Å²) < 4.78 is 5.52. The fraction of sp³-hybridized carbons (Fsp3) is 0.286. The van der Waals surface area contributed by atoms with Gasteiger partial charge in [-0.2, -0.15) is 0 Å². The Labute approximate surface area is 101 Å². The maximum Gasteiger partial charge on any atom is 0.122 e. The Hall–Kier alpha value is -1.74. The van der Waals surface area contributed by atoms with Crippen LogP contribution in [0.4, 0.5) is 0 Å². The van der Waals surface area contributed by atoms with Crippen LogP contribution in [0.1, 0.15) is 22.6 Å². The number of nitrogens with two attached hydrogens (primary N) is 1. The molecule has 0 radical (unpaired) electrons. The van der Waals surface area contributed by atoms with E-state index in [1.165, 1.54) is 16.7 Å². The molecule has 2 heterocycles. The first kappa shape index (κ1) is 10.4. The summed E-state index contributed by atoms with van der Waals surface area (Å²) in [4.78, 5) is 3.09. The molecule has 1 aliphatic rings. The molecule has 2 aromatic rings. The van der Waals surface area contributed by atoms with Gasteiger partial charge in [0.15, 0.2) is 0 Å². The minimum Gasteiger partial charge on any atom is -0.493 e. The molecule has 3 rings (SSSR count). The van der Waals surface area contributed by atoms with Crippen molar-refractivity contribution in [2.45, 2.75) is 12.3 Å². The van der Waals surface area contributed by atoms with Gasteiger partial charge in [-0.15, -0.1) is 0 Å². The highest BCUT2D eigenvalue weighted by Gasteiger charge is 2.17. The van der Waals surface area contributed by atoms with Gasteiger partial charge in [0, 0.05) is 31.3 Å². The lowest BCUT2D eigenvalue weighted by Gasteiger charge is -2.14. The molecule has 0 bridgehead atoms. The number of hydrogen-bond acceptors (Lipinski definition) is 2. The molecule has 88 valence electrons. The smallest absolute Gasteiger partial charge is 0.122 e. The first-order chi connectivity index (χ1) is 8.38. The van der Waals surface area contributed by atoms with Gasteiger partial charge >= 0.3 is 0 Å². The molecule has 1 aromatic carbocycles. The number of benzene rings is 1. The van der Waals surface area contributed by atoms with E-state index in [-0.39, 0.29) is 5.92 Å². The molecule has 0 saturated heterocycles. The van der Waals surface area contributed by atoms with Gasteiger partial charge in [0.05, 0.1) is 6.61 Å². The highest BCUT2D eigenvalue weighted by atomic mass is 16.5. The van der Waals surface area contributed by atoms with Crippen LogP contribution in [0.5, 0.6) is 5.75 Å². The average Bonchev–Trinajstić information content (AvgIpc) is 2.99. The SMILES string of the molecule is NCC(c1cc[nH]c1)c1ccc2c(c1)CCO2. The normalized spacial score (nSPS) is 15.4. The zero-order valence-electron chi connectivity index (χ0n) is 9.65. The molecule has 1 atom stereocenters. The predicted molar refractivity (Wildman–Crippen MR) is 67.3 cm³/mol. The van der Waals surface area contributed by atoms with Crippen molar-refractivity contribution < 1.29 is 4.74 Å². The van der Waals surface area contributed by atoms with Crippen molar-refractivity contribution in [1.82, 2.24) is 4.98 Å². The molecule has 17 heavy (non-hydrogen) atoms. The van der Waals surface area contributed by atoms with Crippen molar-refractivity contribution in [3.8, 4) is 5.75 Å². The lowest BCUT2D eigenvalue weighted by Crippen LogP contribution is -2.13. The van der Waals surface area contributed by atoms with Crippen molar-refractivity contribution >= 4 is 0 Å². The van der Waals surface area contributed by atoms with Crippen LogP contribution in [-0.4, -0.2) is 18.1 Å². The van der Waals surface area contributed by atoms with Crippen LogP contribution in [0.2, 0.25) is 0 Å². The van der Waals surface area contributed by atoms with Crippen molar-refractivity contribution in [2.75, 3.05) is 13.2 Å². The number of H-pyrrole nitrogens is 1. The fourth-order valence-corrected chi connectivity index (χ4v) is 2.44. The zero-order chi connectivity index (χ0) is 11.7. The number of nitrogens with one attached hydrogen (secondary N) is 1. The monoisotopic (exact) mass is 228 g/mol. The third-order valence-electron chi connectivity index (χ3n) is 3.38. The maximum atomic E-state index is 5.90. The molecular formula is C14H16N2O. The highest BCUT2D eigenvalue weighted by molar-refractivity contribution is 5.43. The van der Waals surface area contributed by atoms with E-state index < -0.39 is 0 Å². The van der Waals surface area contributed by atoms with Gasteiger partial charge in [-0.3, -0.25) is 0 Å². The number of ether oxygens (including phenoxy) is 1. The summed E-state index contributed by atoms with van der Waals surface area (Å²) in [6.45, 7) is 1.42. The van der Waals surface area contributed by atoms with Gasteiger partial charge < -0.3 is 15.5 Å². The molecule has 0 spiro atoms. The molecule has 0 aliphatic carbocycles. The molecule has 1 aromatic heterocycles. The van der Waals surface area contributed by atoms with Crippen molar-refractivity contribution in [1.29, 1.82) is 0 Å². The van der Waals surface area contributed by atoms with E-state index in [1.54, 1.807) is 0 Å². The first-order valence-corrected chi connectivity index (χ1v) is 5.97. The summed E-state index contributed by atoms with van der Waals surface area (Å²) >= 11 is 0. The lowest BCUT2D eigenvalue weighted by atomic mass is 9.92. The minimum absolute atomic E-state index is 0.271. The molecule has 0 fully saturated rings. The topological polar surface area (TPSA) is 51.0 Å². The molecule has 3 heteroatoms. The second-order valence-corrected chi connectivity index (χ2v) is 4.40. The number of fused-ring (bicyclic) bond motifs is 1. The Bertz CT molecular complexity index is 505. The van der Waals surface area contributed by atoms with Gasteiger partial charge in [0.1, 0.15) is 5.75 Å². The van der Waals surface area contributed by atoms with E-state index >= 15 is 0 Å². The molecule has 1 aliphatic heterocycles. The average molecular weight is 228 g/mol. The zero-order valence-corrected chi connectivity index (χ0v) is 9.65. The van der Waals surface area contributed by atoms with Gasteiger partial charge in [-0.05, 0) is 28.8 Å². The van der Waals surface area contributed by atoms with Crippen molar-refractivity contribution in [2.24, 2.45) is 5.73 Å². The molecule has 3 nitrogen and oxygen atoms in total. The quantitative estimate of drug-likeness (QED) is 0.844. The van der Waals surface area contributed by atoms with E-state index in [2.05, 4.69) is 29.2 Å². The van der Waals surface area contributed by atoms with Gasteiger partial charge in [-0.1, -0.05) is 12.1 Å². The summed E-state index contributed by atoms with van der Waals surface area (Å²) in [5.74, 6) is 1.30. The third kappa shape index (κ3) is 1.83. The summed E-state index contributed by atoms with van der Waals surface area (Å²) in [6.07, 6.45) is 4.96. The van der Waals surface area contributed by atoms with E-state index in [0.29, 0.717) is 6.54 Å². The number of aromatic amines is 1. The van der Waals surface area contributed by atoms with Gasteiger partial charge in [0.25, 0.3) is 0 Å². The molecule has 0 saturated carbocycles. The van der Waals surface area contributed by atoms with Crippen molar-refractivity contribution in [3.63, 3.8) is 0 Å². The largest absolute Gasteiger partial charge is 0.493 e. The number of hydrogen-bond donors (Lipinski definition) is 2. The Balaban J connectivity index is 1.97. The number of rotatable bonds is 3. The Morgan fingerprint density at radius 1 is 1.29 bits per heavy atom. The second kappa shape index (κ2) is 4.26. The molecule has 3 N–H and O–H groups in total. The Kier molecular flexibility index (Phi) is 2.61. The fourth-order valence-electron chi connectivity index (χ4n) is 2.44. The second-order valence-electron chi connectivity index (χ2n) is 4.40. The van der Waals surface area contributed by atoms with Crippen LogP contribution in [0.3, 0.4) is 0 Å². The van der Waals surface area contributed by atoms with Gasteiger partial charge in [-0.25, -0.2) is 0 Å². The van der Waals surface area contributed by atoms with E-state index in [4.69, 9.17) is 10.5 Å².